The molecule has 2 aromatic rings. The Balaban J connectivity index is 2.68. The smallest absolute Gasteiger partial charge is 0.335 e. The largest absolute Gasteiger partial charge is 0.478 e. The van der Waals surface area contributed by atoms with E-state index in [0.29, 0.717) is 5.56 Å². The van der Waals surface area contributed by atoms with Crippen LogP contribution in [0.25, 0.3) is 11.1 Å². The second-order valence-electron chi connectivity index (χ2n) is 5.81. The number of benzene rings is 1. The summed E-state index contributed by atoms with van der Waals surface area (Å²) in [4.78, 5) is 11.0. The third-order valence-electron chi connectivity index (χ3n) is 3.04. The molecule has 2 rings (SSSR count). The molecule has 1 N–H and O–H groups in total. The number of aromatic nitrogens is 2. The van der Waals surface area contributed by atoms with E-state index in [1.807, 2.05) is 20.8 Å². The summed E-state index contributed by atoms with van der Waals surface area (Å²) in [6.45, 7) is 5.95. The average molecular weight is 276 g/mol. The number of hydrogen-bond donors (Lipinski definition) is 1. The first-order valence-electron chi connectivity index (χ1n) is 6.27. The van der Waals surface area contributed by atoms with Gasteiger partial charge in [0, 0.05) is 29.8 Å². The maximum absolute atomic E-state index is 14.1. The van der Waals surface area contributed by atoms with Crippen LogP contribution in [0.1, 0.15) is 36.8 Å². The highest BCUT2D eigenvalue weighted by molar-refractivity contribution is 5.89. The number of carboxylic acid groups (broad SMARTS) is 1. The summed E-state index contributed by atoms with van der Waals surface area (Å²) in [6, 6.07) is 3.79. The molecule has 0 aliphatic heterocycles. The summed E-state index contributed by atoms with van der Waals surface area (Å²) in [5.74, 6) is -1.53. The lowest BCUT2D eigenvalue weighted by molar-refractivity contribution is 0.0697. The van der Waals surface area contributed by atoms with Crippen LogP contribution in [0.3, 0.4) is 0 Å². The predicted octanol–water partition coefficient (Wildman–Crippen LogP) is 3.22. The standard InChI is InChI=1S/C15H17FN2O2/c1-15(2,3)13-11(8-18(4)17-13)10-7-9(14(19)20)5-6-12(10)16/h5-8H,1-4H3,(H,19,20). The summed E-state index contributed by atoms with van der Waals surface area (Å²) in [5, 5.41) is 13.4. The number of nitrogens with zero attached hydrogens (tertiary/aromatic N) is 2. The lowest BCUT2D eigenvalue weighted by Gasteiger charge is -2.17. The molecule has 0 amide bonds. The number of carbonyl (C=O) groups is 1. The molecule has 0 radical (unpaired) electrons. The van der Waals surface area contributed by atoms with E-state index < -0.39 is 11.8 Å². The summed E-state index contributed by atoms with van der Waals surface area (Å²) in [7, 11) is 1.76. The average Bonchev–Trinajstić information content (AvgIpc) is 2.71. The van der Waals surface area contributed by atoms with Crippen LogP contribution in [0.2, 0.25) is 0 Å². The Hall–Kier alpha value is -2.17. The van der Waals surface area contributed by atoms with Crippen molar-refractivity contribution in [1.29, 1.82) is 0 Å². The molecular weight excluding hydrogens is 259 g/mol. The van der Waals surface area contributed by atoms with Crippen molar-refractivity contribution in [3.8, 4) is 11.1 Å². The SMILES string of the molecule is Cn1cc(-c2cc(C(=O)O)ccc2F)c(C(C)(C)C)n1. The molecule has 1 heterocycles. The lowest BCUT2D eigenvalue weighted by Crippen LogP contribution is -2.14. The zero-order chi connectivity index (χ0) is 15.1. The van der Waals surface area contributed by atoms with Crippen molar-refractivity contribution >= 4 is 5.97 Å². The number of rotatable bonds is 2. The summed E-state index contributed by atoms with van der Waals surface area (Å²) in [5.41, 5.74) is 1.43. The van der Waals surface area contributed by atoms with Gasteiger partial charge in [-0.2, -0.15) is 5.10 Å². The van der Waals surface area contributed by atoms with E-state index in [2.05, 4.69) is 5.10 Å². The molecular formula is C15H17FN2O2. The van der Waals surface area contributed by atoms with E-state index in [4.69, 9.17) is 5.11 Å². The van der Waals surface area contributed by atoms with Crippen molar-refractivity contribution in [2.45, 2.75) is 26.2 Å². The zero-order valence-corrected chi connectivity index (χ0v) is 11.9. The Morgan fingerprint density at radius 2 is 1.95 bits per heavy atom. The van der Waals surface area contributed by atoms with E-state index in [0.717, 1.165) is 5.69 Å². The first-order valence-corrected chi connectivity index (χ1v) is 6.27. The third kappa shape index (κ3) is 2.57. The topological polar surface area (TPSA) is 55.1 Å². The van der Waals surface area contributed by atoms with Crippen LogP contribution < -0.4 is 0 Å². The Morgan fingerprint density at radius 1 is 1.30 bits per heavy atom. The Morgan fingerprint density at radius 3 is 2.50 bits per heavy atom. The fraction of sp³-hybridized carbons (Fsp3) is 0.333. The maximum atomic E-state index is 14.1. The first kappa shape index (κ1) is 14.2. The van der Waals surface area contributed by atoms with Gasteiger partial charge in [-0.05, 0) is 18.2 Å². The molecule has 0 unspecified atom stereocenters. The Labute approximate surface area is 116 Å². The normalized spacial score (nSPS) is 11.7. The van der Waals surface area contributed by atoms with Crippen molar-refractivity contribution in [3.05, 3.63) is 41.5 Å². The molecule has 20 heavy (non-hydrogen) atoms. The molecule has 0 spiro atoms. The van der Waals surface area contributed by atoms with Gasteiger partial charge in [0.05, 0.1) is 11.3 Å². The minimum atomic E-state index is -1.08. The van der Waals surface area contributed by atoms with Crippen LogP contribution in [0.4, 0.5) is 4.39 Å². The van der Waals surface area contributed by atoms with Crippen LogP contribution in [-0.2, 0) is 12.5 Å². The molecule has 4 nitrogen and oxygen atoms in total. The fourth-order valence-electron chi connectivity index (χ4n) is 2.10. The number of hydrogen-bond acceptors (Lipinski definition) is 2. The van der Waals surface area contributed by atoms with Crippen molar-refractivity contribution < 1.29 is 14.3 Å². The molecule has 106 valence electrons. The second kappa shape index (κ2) is 4.74. The summed E-state index contributed by atoms with van der Waals surface area (Å²) < 4.78 is 15.7. The van der Waals surface area contributed by atoms with Gasteiger partial charge in [-0.15, -0.1) is 0 Å². The number of aromatic carboxylic acids is 1. The predicted molar refractivity (Wildman–Crippen MR) is 74.3 cm³/mol. The highest BCUT2D eigenvalue weighted by Gasteiger charge is 2.24. The monoisotopic (exact) mass is 276 g/mol. The van der Waals surface area contributed by atoms with Gasteiger partial charge in [-0.25, -0.2) is 9.18 Å². The second-order valence-corrected chi connectivity index (χ2v) is 5.81. The van der Waals surface area contributed by atoms with Crippen LogP contribution in [0.15, 0.2) is 24.4 Å². The van der Waals surface area contributed by atoms with Gasteiger partial charge in [-0.1, -0.05) is 20.8 Å². The van der Waals surface area contributed by atoms with Gasteiger partial charge >= 0.3 is 5.97 Å². The first-order chi connectivity index (χ1) is 9.20. The molecule has 0 saturated carbocycles. The number of halogens is 1. The minimum absolute atomic E-state index is 0.0603. The molecule has 0 saturated heterocycles. The third-order valence-corrected chi connectivity index (χ3v) is 3.04. The quantitative estimate of drug-likeness (QED) is 0.916. The van der Waals surface area contributed by atoms with Crippen LogP contribution in [0, 0.1) is 5.82 Å². The van der Waals surface area contributed by atoms with E-state index in [1.54, 1.807) is 17.9 Å². The van der Waals surface area contributed by atoms with Crippen molar-refractivity contribution in [2.75, 3.05) is 0 Å². The molecule has 1 aromatic carbocycles. The highest BCUT2D eigenvalue weighted by atomic mass is 19.1. The van der Waals surface area contributed by atoms with Gasteiger partial charge in [0.2, 0.25) is 0 Å². The molecule has 5 heteroatoms. The minimum Gasteiger partial charge on any atom is -0.478 e. The van der Waals surface area contributed by atoms with E-state index in [-0.39, 0.29) is 16.5 Å². The molecule has 0 fully saturated rings. The van der Waals surface area contributed by atoms with Gasteiger partial charge in [-0.3, -0.25) is 4.68 Å². The Bertz CT molecular complexity index is 669. The van der Waals surface area contributed by atoms with Crippen molar-refractivity contribution in [3.63, 3.8) is 0 Å². The van der Waals surface area contributed by atoms with Crippen molar-refractivity contribution in [1.82, 2.24) is 9.78 Å². The fourth-order valence-corrected chi connectivity index (χ4v) is 2.10. The number of carboxylic acids is 1. The molecule has 0 aliphatic rings. The van der Waals surface area contributed by atoms with Gasteiger partial charge in [0.15, 0.2) is 0 Å². The molecule has 0 atom stereocenters. The van der Waals surface area contributed by atoms with Crippen LogP contribution in [0.5, 0.6) is 0 Å². The Kier molecular flexibility index (Phi) is 3.38. The highest BCUT2D eigenvalue weighted by Crippen LogP contribution is 2.33. The van der Waals surface area contributed by atoms with E-state index >= 15 is 0 Å². The molecule has 1 aromatic heterocycles. The van der Waals surface area contributed by atoms with Gasteiger partial charge in [0.25, 0.3) is 0 Å². The zero-order valence-electron chi connectivity index (χ0n) is 11.9. The summed E-state index contributed by atoms with van der Waals surface area (Å²) >= 11 is 0. The van der Waals surface area contributed by atoms with Gasteiger partial charge < -0.3 is 5.11 Å². The van der Waals surface area contributed by atoms with Crippen molar-refractivity contribution in [2.24, 2.45) is 7.05 Å². The van der Waals surface area contributed by atoms with Crippen LogP contribution in [-0.4, -0.2) is 20.9 Å². The van der Waals surface area contributed by atoms with E-state index in [1.165, 1.54) is 18.2 Å². The lowest BCUT2D eigenvalue weighted by atomic mass is 9.87. The summed E-state index contributed by atoms with van der Waals surface area (Å²) in [6.07, 6.45) is 1.71. The molecule has 0 bridgehead atoms. The van der Waals surface area contributed by atoms with Crippen LogP contribution >= 0.6 is 0 Å². The van der Waals surface area contributed by atoms with Gasteiger partial charge in [0.1, 0.15) is 5.82 Å². The molecule has 0 aliphatic carbocycles. The number of aryl methyl sites for hydroxylation is 1. The maximum Gasteiger partial charge on any atom is 0.335 e. The van der Waals surface area contributed by atoms with E-state index in [9.17, 15) is 9.18 Å².